The van der Waals surface area contributed by atoms with Crippen LogP contribution in [-0.2, 0) is 21.5 Å². The minimum Gasteiger partial charge on any atom is -0.496 e. The number of methoxy groups -OCH3 is 1. The summed E-state index contributed by atoms with van der Waals surface area (Å²) in [5.41, 5.74) is 7.35. The quantitative estimate of drug-likeness (QED) is 0.882. The van der Waals surface area contributed by atoms with E-state index in [2.05, 4.69) is 0 Å². The number of carbonyl (C=O) groups is 2. The van der Waals surface area contributed by atoms with Crippen molar-refractivity contribution in [2.75, 3.05) is 26.7 Å². The van der Waals surface area contributed by atoms with Gasteiger partial charge in [0.1, 0.15) is 11.3 Å². The number of amides is 2. The molecule has 1 atom stereocenters. The maximum absolute atomic E-state index is 13.1. The van der Waals surface area contributed by atoms with E-state index >= 15 is 0 Å². The molecule has 1 unspecified atom stereocenters. The van der Waals surface area contributed by atoms with Gasteiger partial charge in [0, 0.05) is 19.1 Å². The monoisotopic (exact) mass is 329 g/mol. The number of carbonyl (C=O) groups excluding carboxylic acids is 2. The third-order valence-electron chi connectivity index (χ3n) is 5.52. The minimum atomic E-state index is -1.05. The first-order valence-corrected chi connectivity index (χ1v) is 8.58. The van der Waals surface area contributed by atoms with Crippen LogP contribution in [0, 0.1) is 0 Å². The Morgan fingerprint density at radius 1 is 1.33 bits per heavy atom. The summed E-state index contributed by atoms with van der Waals surface area (Å²) in [6, 6.07) is 6.07. The fraction of sp³-hybridized carbons (Fsp3) is 0.556. The Bertz CT molecular complexity index is 701. The van der Waals surface area contributed by atoms with Crippen molar-refractivity contribution in [1.29, 1.82) is 0 Å². The van der Waals surface area contributed by atoms with Gasteiger partial charge in [0.15, 0.2) is 0 Å². The molecule has 0 bridgehead atoms. The number of hydrogen-bond acceptors (Lipinski definition) is 4. The lowest BCUT2D eigenvalue weighted by molar-refractivity contribution is -0.149. The Balaban J connectivity index is 1.56. The fourth-order valence-electron chi connectivity index (χ4n) is 4.03. The summed E-state index contributed by atoms with van der Waals surface area (Å²) in [4.78, 5) is 29.0. The molecular weight excluding hydrogens is 306 g/mol. The van der Waals surface area contributed by atoms with Gasteiger partial charge in [-0.15, -0.1) is 0 Å². The number of piperazine rings is 1. The molecular formula is C18H23N3O3. The second-order valence-corrected chi connectivity index (χ2v) is 7.00. The molecule has 0 radical (unpaired) electrons. The molecule has 6 nitrogen and oxygen atoms in total. The number of hydrogen-bond donors (Lipinski definition) is 1. The zero-order valence-corrected chi connectivity index (χ0v) is 14.0. The van der Waals surface area contributed by atoms with Crippen LogP contribution in [0.1, 0.15) is 30.4 Å². The van der Waals surface area contributed by atoms with Crippen LogP contribution in [0.5, 0.6) is 5.75 Å². The molecule has 1 heterocycles. The Morgan fingerprint density at radius 2 is 2.12 bits per heavy atom. The number of nitrogens with two attached hydrogens (primary N) is 1. The predicted octanol–water partition coefficient (Wildman–Crippen LogP) is 0.629. The highest BCUT2D eigenvalue weighted by Gasteiger charge is 2.47. The molecule has 2 amide bonds. The summed E-state index contributed by atoms with van der Waals surface area (Å²) in [5, 5.41) is 0. The molecule has 1 aromatic carbocycles. The molecule has 0 aromatic heterocycles. The Kier molecular flexibility index (Phi) is 3.53. The van der Waals surface area contributed by atoms with E-state index < -0.39 is 5.54 Å². The molecule has 24 heavy (non-hydrogen) atoms. The summed E-state index contributed by atoms with van der Waals surface area (Å²) in [5.74, 6) is 0.685. The second-order valence-electron chi connectivity index (χ2n) is 7.00. The highest BCUT2D eigenvalue weighted by molar-refractivity contribution is 5.93. The van der Waals surface area contributed by atoms with Gasteiger partial charge in [-0.2, -0.15) is 0 Å². The first kappa shape index (κ1) is 15.4. The Morgan fingerprint density at radius 3 is 2.79 bits per heavy atom. The van der Waals surface area contributed by atoms with Gasteiger partial charge in [0.2, 0.25) is 11.8 Å². The number of rotatable bonds is 3. The lowest BCUT2D eigenvalue weighted by atomic mass is 9.91. The van der Waals surface area contributed by atoms with E-state index in [-0.39, 0.29) is 18.4 Å². The molecule has 1 saturated carbocycles. The van der Waals surface area contributed by atoms with Crippen molar-refractivity contribution in [3.8, 4) is 5.75 Å². The van der Waals surface area contributed by atoms with Gasteiger partial charge < -0.3 is 20.3 Å². The summed E-state index contributed by atoms with van der Waals surface area (Å²) in [6.07, 6.45) is 3.46. The van der Waals surface area contributed by atoms with Crippen molar-refractivity contribution in [2.45, 2.75) is 37.3 Å². The van der Waals surface area contributed by atoms with E-state index in [1.54, 1.807) is 12.0 Å². The van der Waals surface area contributed by atoms with Crippen molar-refractivity contribution >= 4 is 11.8 Å². The van der Waals surface area contributed by atoms with Crippen LogP contribution in [0.3, 0.4) is 0 Å². The van der Waals surface area contributed by atoms with Gasteiger partial charge >= 0.3 is 0 Å². The topological polar surface area (TPSA) is 75.9 Å². The van der Waals surface area contributed by atoms with E-state index in [1.807, 2.05) is 23.1 Å². The molecule has 2 fully saturated rings. The van der Waals surface area contributed by atoms with Crippen molar-refractivity contribution in [2.24, 2.45) is 5.73 Å². The molecule has 3 aliphatic rings. The highest BCUT2D eigenvalue weighted by Crippen LogP contribution is 2.41. The first-order chi connectivity index (χ1) is 11.5. The zero-order valence-electron chi connectivity index (χ0n) is 14.0. The molecule has 1 aromatic rings. The summed E-state index contributed by atoms with van der Waals surface area (Å²) < 4.78 is 5.40. The molecule has 2 aliphatic carbocycles. The van der Waals surface area contributed by atoms with Gasteiger partial charge in [-0.05, 0) is 42.9 Å². The van der Waals surface area contributed by atoms with E-state index in [0.29, 0.717) is 25.6 Å². The maximum Gasteiger partial charge on any atom is 0.247 e. The van der Waals surface area contributed by atoms with Crippen LogP contribution in [0.4, 0.5) is 0 Å². The van der Waals surface area contributed by atoms with Crippen LogP contribution in [0.25, 0.3) is 0 Å². The van der Waals surface area contributed by atoms with Gasteiger partial charge in [-0.3, -0.25) is 9.59 Å². The van der Waals surface area contributed by atoms with Gasteiger partial charge in [0.25, 0.3) is 0 Å². The standard InChI is InChI=1S/C18H23N3O3/c1-24-15-4-2-3-14-13(15)7-8-18(14,19)17(23)20-9-10-21(12-5-6-12)16(22)11-20/h2-4,12H,5-11,19H2,1H3. The van der Waals surface area contributed by atoms with E-state index in [4.69, 9.17) is 10.5 Å². The number of benzene rings is 1. The summed E-state index contributed by atoms with van der Waals surface area (Å²) in [7, 11) is 1.63. The highest BCUT2D eigenvalue weighted by atomic mass is 16.5. The van der Waals surface area contributed by atoms with Crippen LogP contribution in [-0.4, -0.2) is 54.4 Å². The molecule has 2 N–H and O–H groups in total. The molecule has 1 aliphatic heterocycles. The van der Waals surface area contributed by atoms with Crippen molar-refractivity contribution in [3.05, 3.63) is 29.3 Å². The summed E-state index contributed by atoms with van der Waals surface area (Å²) >= 11 is 0. The third kappa shape index (κ3) is 2.28. The number of fused-ring (bicyclic) bond motifs is 1. The predicted molar refractivity (Wildman–Crippen MR) is 88.5 cm³/mol. The van der Waals surface area contributed by atoms with E-state index in [1.165, 1.54) is 0 Å². The SMILES string of the molecule is COc1cccc2c1CCC2(N)C(=O)N1CCN(C2CC2)C(=O)C1. The maximum atomic E-state index is 13.1. The average Bonchev–Trinajstić information content (AvgIpc) is 3.38. The van der Waals surface area contributed by atoms with E-state index in [9.17, 15) is 9.59 Å². The summed E-state index contributed by atoms with van der Waals surface area (Å²) in [6.45, 7) is 1.34. The molecule has 128 valence electrons. The minimum absolute atomic E-state index is 0.0459. The van der Waals surface area contributed by atoms with Crippen LogP contribution in [0.2, 0.25) is 0 Å². The fourth-order valence-corrected chi connectivity index (χ4v) is 4.03. The van der Waals surface area contributed by atoms with Crippen LogP contribution >= 0.6 is 0 Å². The van der Waals surface area contributed by atoms with Gasteiger partial charge in [-0.25, -0.2) is 0 Å². The van der Waals surface area contributed by atoms with E-state index in [0.717, 1.165) is 36.1 Å². The molecule has 1 saturated heterocycles. The number of nitrogens with zero attached hydrogens (tertiary/aromatic N) is 2. The zero-order chi connectivity index (χ0) is 16.9. The van der Waals surface area contributed by atoms with Crippen molar-refractivity contribution in [1.82, 2.24) is 9.80 Å². The largest absolute Gasteiger partial charge is 0.496 e. The Hall–Kier alpha value is -2.08. The second kappa shape index (κ2) is 5.48. The Labute approximate surface area is 141 Å². The average molecular weight is 329 g/mol. The van der Waals surface area contributed by atoms with Crippen LogP contribution < -0.4 is 10.5 Å². The molecule has 4 rings (SSSR count). The van der Waals surface area contributed by atoms with Gasteiger partial charge in [-0.1, -0.05) is 12.1 Å². The van der Waals surface area contributed by atoms with Crippen molar-refractivity contribution in [3.63, 3.8) is 0 Å². The van der Waals surface area contributed by atoms with Gasteiger partial charge in [0.05, 0.1) is 13.7 Å². The normalized spacial score (nSPS) is 26.5. The third-order valence-corrected chi connectivity index (χ3v) is 5.52. The number of ether oxygens (including phenoxy) is 1. The van der Waals surface area contributed by atoms with Crippen molar-refractivity contribution < 1.29 is 14.3 Å². The molecule has 0 spiro atoms. The molecule has 6 heteroatoms. The smallest absolute Gasteiger partial charge is 0.247 e. The lowest BCUT2D eigenvalue weighted by Gasteiger charge is -2.38. The lowest BCUT2D eigenvalue weighted by Crippen LogP contribution is -2.59. The van der Waals surface area contributed by atoms with Crippen LogP contribution in [0.15, 0.2) is 18.2 Å². The first-order valence-electron chi connectivity index (χ1n) is 8.58.